The van der Waals surface area contributed by atoms with Gasteiger partial charge in [-0.1, -0.05) is 0 Å². The first-order chi connectivity index (χ1) is 19.6. The molecule has 42 heavy (non-hydrogen) atoms. The second kappa shape index (κ2) is 9.63. The molecule has 2 atom stereocenters. The van der Waals surface area contributed by atoms with Crippen LogP contribution in [0, 0.1) is 0 Å². The number of alkyl halides is 3. The molecule has 0 radical (unpaired) electrons. The molecule has 1 unspecified atom stereocenters. The number of fused-ring (bicyclic) bond motifs is 2. The molecule has 0 N–H and O–H groups in total. The lowest BCUT2D eigenvalue weighted by Gasteiger charge is -2.24. The molecule has 0 spiro atoms. The fraction of sp³-hybridized carbons (Fsp3) is 0.448. The fourth-order valence-electron chi connectivity index (χ4n) is 4.92. The van der Waals surface area contributed by atoms with Crippen molar-refractivity contribution < 1.29 is 22.6 Å². The molecular formula is C29H31F3N8O2. The number of nitrogens with zero attached hydrogens (tertiary/aromatic N) is 8. The largest absolute Gasteiger partial charge is 0.471 e. The van der Waals surface area contributed by atoms with Crippen LogP contribution in [0.3, 0.4) is 0 Å². The molecule has 6 rings (SSSR count). The zero-order chi connectivity index (χ0) is 30.0. The molecular weight excluding hydrogens is 549 g/mol. The van der Waals surface area contributed by atoms with Gasteiger partial charge in [-0.05, 0) is 71.6 Å². The standard InChI is InChI=1S/C29H31F3N8O2/c1-27(2,3)41-25-19(13-34-26(38-25)42-28(4,5)6)20-11-22(40-24(37-20)7-8-35-40)18-10-17(18)16-9-23-21(33-12-16)14-36-39(23)15-29(30,31)32/h7-9,11-14,17-18H,10,15H2,1-6H3/t17?,18-/m0/s1. The van der Waals surface area contributed by atoms with E-state index in [0.29, 0.717) is 33.8 Å². The second-order valence-electron chi connectivity index (χ2n) is 12.5. The quantitative estimate of drug-likeness (QED) is 0.237. The zero-order valence-electron chi connectivity index (χ0n) is 24.1. The molecule has 13 heteroatoms. The zero-order valence-corrected chi connectivity index (χ0v) is 24.1. The van der Waals surface area contributed by atoms with Crippen LogP contribution in [-0.2, 0) is 6.54 Å². The van der Waals surface area contributed by atoms with Crippen molar-refractivity contribution in [3.63, 3.8) is 0 Å². The Labute approximate surface area is 239 Å². The Bertz CT molecular complexity index is 1780. The molecule has 0 aliphatic heterocycles. The van der Waals surface area contributed by atoms with Crippen LogP contribution in [0.2, 0.25) is 0 Å². The third kappa shape index (κ3) is 5.86. The van der Waals surface area contributed by atoms with E-state index in [1.54, 1.807) is 29.2 Å². The van der Waals surface area contributed by atoms with Crippen molar-refractivity contribution >= 4 is 16.7 Å². The van der Waals surface area contributed by atoms with Gasteiger partial charge in [0.2, 0.25) is 5.88 Å². The van der Waals surface area contributed by atoms with Crippen molar-refractivity contribution in [3.05, 3.63) is 54.2 Å². The predicted octanol–water partition coefficient (Wildman–Crippen LogP) is 6.12. The van der Waals surface area contributed by atoms with E-state index < -0.39 is 23.9 Å². The summed E-state index contributed by atoms with van der Waals surface area (Å²) in [6.07, 6.45) is 2.80. The summed E-state index contributed by atoms with van der Waals surface area (Å²) in [6.45, 7) is 10.4. The van der Waals surface area contributed by atoms with Gasteiger partial charge < -0.3 is 9.47 Å². The van der Waals surface area contributed by atoms with E-state index in [0.717, 1.165) is 22.4 Å². The van der Waals surface area contributed by atoms with E-state index in [9.17, 15) is 13.2 Å². The smallest absolute Gasteiger partial charge is 0.408 e. The van der Waals surface area contributed by atoms with Crippen molar-refractivity contribution in [3.8, 4) is 23.1 Å². The van der Waals surface area contributed by atoms with Crippen molar-refractivity contribution in [1.29, 1.82) is 0 Å². The van der Waals surface area contributed by atoms with Crippen LogP contribution in [0.4, 0.5) is 13.2 Å². The normalized spacial score (nSPS) is 17.6. The fourth-order valence-corrected chi connectivity index (χ4v) is 4.92. The summed E-state index contributed by atoms with van der Waals surface area (Å²) >= 11 is 0. The number of hydrogen-bond donors (Lipinski definition) is 0. The lowest BCUT2D eigenvalue weighted by Crippen LogP contribution is -2.26. The van der Waals surface area contributed by atoms with Gasteiger partial charge in [-0.2, -0.15) is 28.4 Å². The Morgan fingerprint density at radius 1 is 0.881 bits per heavy atom. The maximum absolute atomic E-state index is 13.1. The first-order valence-corrected chi connectivity index (χ1v) is 13.6. The highest BCUT2D eigenvalue weighted by molar-refractivity contribution is 5.75. The van der Waals surface area contributed by atoms with E-state index >= 15 is 0 Å². The molecule has 1 aliphatic carbocycles. The first-order valence-electron chi connectivity index (χ1n) is 13.6. The molecule has 0 bridgehead atoms. The number of pyridine rings is 1. The minimum absolute atomic E-state index is 0.0443. The van der Waals surface area contributed by atoms with Crippen LogP contribution in [-0.4, -0.2) is 56.7 Å². The molecule has 220 valence electrons. The lowest BCUT2D eigenvalue weighted by molar-refractivity contribution is -0.141. The van der Waals surface area contributed by atoms with Crippen LogP contribution in [0.1, 0.15) is 71.1 Å². The van der Waals surface area contributed by atoms with Crippen LogP contribution >= 0.6 is 0 Å². The number of rotatable bonds is 6. The molecule has 5 aromatic rings. The van der Waals surface area contributed by atoms with E-state index in [-0.39, 0.29) is 17.8 Å². The van der Waals surface area contributed by atoms with Crippen LogP contribution in [0.15, 0.2) is 43.0 Å². The van der Waals surface area contributed by atoms with Gasteiger partial charge in [-0.25, -0.2) is 14.5 Å². The Balaban J connectivity index is 1.37. The van der Waals surface area contributed by atoms with E-state index in [1.807, 2.05) is 53.7 Å². The minimum atomic E-state index is -4.38. The molecule has 10 nitrogen and oxygen atoms in total. The molecule has 5 aromatic heterocycles. The monoisotopic (exact) mass is 580 g/mol. The van der Waals surface area contributed by atoms with Crippen molar-refractivity contribution in [1.82, 2.24) is 39.3 Å². The molecule has 0 amide bonds. The maximum atomic E-state index is 13.1. The van der Waals surface area contributed by atoms with Gasteiger partial charge in [-0.15, -0.1) is 0 Å². The van der Waals surface area contributed by atoms with Gasteiger partial charge in [0, 0.05) is 24.4 Å². The number of aromatic nitrogens is 8. The second-order valence-corrected chi connectivity index (χ2v) is 12.5. The lowest BCUT2D eigenvalue weighted by atomic mass is 10.1. The Kier molecular flexibility index (Phi) is 6.39. The van der Waals surface area contributed by atoms with Crippen LogP contribution < -0.4 is 9.47 Å². The van der Waals surface area contributed by atoms with Gasteiger partial charge in [0.1, 0.15) is 23.3 Å². The summed E-state index contributed by atoms with van der Waals surface area (Å²) in [6, 6.07) is 5.72. The van der Waals surface area contributed by atoms with Crippen molar-refractivity contribution in [2.75, 3.05) is 0 Å². The summed E-state index contributed by atoms with van der Waals surface area (Å²) in [5.41, 5.74) is 3.35. The molecule has 1 saturated carbocycles. The van der Waals surface area contributed by atoms with E-state index in [4.69, 9.17) is 14.5 Å². The highest BCUT2D eigenvalue weighted by Gasteiger charge is 2.42. The van der Waals surface area contributed by atoms with Crippen LogP contribution in [0.5, 0.6) is 11.9 Å². The van der Waals surface area contributed by atoms with Crippen molar-refractivity contribution in [2.45, 2.75) is 83.7 Å². The van der Waals surface area contributed by atoms with Gasteiger partial charge >= 0.3 is 12.2 Å². The molecule has 0 saturated heterocycles. The van der Waals surface area contributed by atoms with Crippen LogP contribution in [0.25, 0.3) is 27.9 Å². The summed E-state index contributed by atoms with van der Waals surface area (Å²) < 4.78 is 54.1. The van der Waals surface area contributed by atoms with E-state index in [1.165, 1.54) is 6.20 Å². The van der Waals surface area contributed by atoms with Gasteiger partial charge in [-0.3, -0.25) is 9.67 Å². The Morgan fingerprint density at radius 3 is 2.36 bits per heavy atom. The number of ether oxygens (including phenoxy) is 2. The molecule has 1 aliphatic rings. The average molecular weight is 581 g/mol. The maximum Gasteiger partial charge on any atom is 0.408 e. The Morgan fingerprint density at radius 2 is 1.64 bits per heavy atom. The van der Waals surface area contributed by atoms with Gasteiger partial charge in [0.05, 0.1) is 34.9 Å². The van der Waals surface area contributed by atoms with Gasteiger partial charge in [0.25, 0.3) is 0 Å². The summed E-state index contributed by atoms with van der Waals surface area (Å²) in [5.74, 6) is 0.436. The third-order valence-electron chi connectivity index (χ3n) is 6.64. The average Bonchev–Trinajstić information content (AvgIpc) is 3.34. The molecule has 1 fully saturated rings. The summed E-state index contributed by atoms with van der Waals surface area (Å²) in [5, 5.41) is 8.39. The van der Waals surface area contributed by atoms with Crippen molar-refractivity contribution in [2.24, 2.45) is 0 Å². The van der Waals surface area contributed by atoms with E-state index in [2.05, 4.69) is 25.1 Å². The first kappa shape index (κ1) is 27.9. The highest BCUT2D eigenvalue weighted by atomic mass is 19.4. The SMILES string of the molecule is CC(C)(C)Oc1ncc(-c2cc([C@H]3CC3c3cnc4cnn(CC(F)(F)F)c4c3)n3nccc3n2)c(OC(C)(C)C)n1. The van der Waals surface area contributed by atoms with Gasteiger partial charge in [0.15, 0.2) is 5.65 Å². The number of hydrogen-bond acceptors (Lipinski definition) is 8. The Hall–Kier alpha value is -4.29. The molecule has 5 heterocycles. The topological polar surface area (TPSA) is 105 Å². The number of halogens is 3. The third-order valence-corrected chi connectivity index (χ3v) is 6.64. The summed E-state index contributed by atoms with van der Waals surface area (Å²) in [4.78, 5) is 18.2. The minimum Gasteiger partial charge on any atom is -0.471 e. The predicted molar refractivity (Wildman–Crippen MR) is 148 cm³/mol. The highest BCUT2D eigenvalue weighted by Crippen LogP contribution is 2.55. The summed E-state index contributed by atoms with van der Waals surface area (Å²) in [7, 11) is 0. The molecule has 0 aromatic carbocycles.